The largest absolute Gasteiger partial charge is 0.393 e. The molecule has 4 fully saturated rings. The van der Waals surface area contributed by atoms with E-state index in [0.29, 0.717) is 23.2 Å². The minimum absolute atomic E-state index is 0.0610. The molecule has 6 N–H and O–H groups in total. The number of fused-ring (bicyclic) bond motifs is 4. The van der Waals surface area contributed by atoms with Crippen LogP contribution < -0.4 is 4.90 Å². The number of aliphatic hydroxyl groups excluding tert-OH is 2. The van der Waals surface area contributed by atoms with Gasteiger partial charge in [0.25, 0.3) is 0 Å². The number of nitrogens with zero attached hydrogens (tertiary/aromatic N) is 5. The Labute approximate surface area is 215 Å². The molecule has 1 unspecified atom stereocenters. The minimum atomic E-state index is -4.89. The van der Waals surface area contributed by atoms with Gasteiger partial charge in [-0.05, 0) is 43.2 Å². The Morgan fingerprint density at radius 1 is 1.19 bits per heavy atom. The van der Waals surface area contributed by atoms with Crippen LogP contribution in [0.25, 0.3) is 11.0 Å². The Balaban J connectivity index is 1.44. The van der Waals surface area contributed by atoms with Crippen molar-refractivity contribution in [3.63, 3.8) is 0 Å². The maximum Gasteiger partial charge on any atom is 0.340 e. The van der Waals surface area contributed by atoms with Gasteiger partial charge < -0.3 is 44.2 Å². The fraction of sp³-hybridized carbons (Fsp3) is 0.737. The molecule has 37 heavy (non-hydrogen) atoms. The fourth-order valence-electron chi connectivity index (χ4n) is 5.44. The maximum absolute atomic E-state index is 12.1. The third-order valence-electron chi connectivity index (χ3n) is 7.32. The van der Waals surface area contributed by atoms with Crippen LogP contribution in [-0.4, -0.2) is 99.3 Å². The number of ether oxygens (including phenoxy) is 1. The van der Waals surface area contributed by atoms with Crippen molar-refractivity contribution >= 4 is 43.6 Å². The first-order valence-electron chi connectivity index (χ1n) is 11.7. The second-order valence-corrected chi connectivity index (χ2v) is 14.2. The quantitative estimate of drug-likeness (QED) is 0.180. The maximum atomic E-state index is 12.1. The van der Waals surface area contributed by atoms with Crippen LogP contribution in [0, 0.1) is 5.92 Å². The van der Waals surface area contributed by atoms with Crippen molar-refractivity contribution in [2.75, 3.05) is 30.6 Å². The summed E-state index contributed by atoms with van der Waals surface area (Å²) in [4.78, 5) is 38.6. The zero-order chi connectivity index (χ0) is 26.8. The smallest absolute Gasteiger partial charge is 0.340 e. The van der Waals surface area contributed by atoms with Crippen molar-refractivity contribution in [2.24, 2.45) is 5.92 Å². The van der Waals surface area contributed by atoms with E-state index < -0.39 is 58.3 Å². The molecule has 0 aromatic carbocycles. The van der Waals surface area contributed by atoms with Gasteiger partial charge in [-0.1, -0.05) is 0 Å². The van der Waals surface area contributed by atoms with E-state index in [0.717, 1.165) is 32.2 Å². The van der Waals surface area contributed by atoms with Crippen LogP contribution in [0.1, 0.15) is 31.9 Å². The van der Waals surface area contributed by atoms with Gasteiger partial charge in [0.05, 0.1) is 24.8 Å². The monoisotopic (exact) mass is 583 g/mol. The van der Waals surface area contributed by atoms with Gasteiger partial charge in [-0.3, -0.25) is 9.13 Å². The lowest BCUT2D eigenvalue weighted by atomic mass is 9.80. The van der Waals surface area contributed by atoms with Gasteiger partial charge >= 0.3 is 15.2 Å². The molecular weight excluding hydrogens is 556 g/mol. The summed E-state index contributed by atoms with van der Waals surface area (Å²) < 4.78 is 34.8. The van der Waals surface area contributed by atoms with Crippen LogP contribution in [-0.2, 0) is 18.4 Å². The van der Waals surface area contributed by atoms with Gasteiger partial charge in [0.1, 0.15) is 23.6 Å². The molecule has 2 aromatic rings. The standard InChI is InChI=1S/C19H28ClN5O10P2/c20-18-22-15(24-6-10-1-3-11(24)4-2-10)12-5-21-25(16(12)23-18)17-14(27)19(28,8-26)13(35-17)7-34-37(32,33)9-36(29,30)31/h5,10-11,13-14,17,26-28H,1-4,6-9H2,(H,32,33)(H2,29,30,31)/t10?,11?,13-,14+,17-,19-/m1/s1. The predicted octanol–water partition coefficient (Wildman–Crippen LogP) is 0.177. The molecule has 1 aliphatic carbocycles. The molecule has 4 aliphatic rings. The van der Waals surface area contributed by atoms with E-state index in [1.54, 1.807) is 0 Å². The molecule has 0 amide bonds. The van der Waals surface area contributed by atoms with Crippen LogP contribution in [0.3, 0.4) is 0 Å². The first kappa shape index (κ1) is 27.4. The van der Waals surface area contributed by atoms with Crippen LogP contribution in [0.4, 0.5) is 5.82 Å². The van der Waals surface area contributed by atoms with E-state index in [4.69, 9.17) is 30.6 Å². The third-order valence-corrected chi connectivity index (χ3v) is 10.9. The molecule has 0 spiro atoms. The van der Waals surface area contributed by atoms with Gasteiger partial charge in [-0.15, -0.1) is 0 Å². The number of hydrogen-bond acceptors (Lipinski definition) is 11. The zero-order valence-electron chi connectivity index (χ0n) is 19.4. The lowest BCUT2D eigenvalue weighted by Crippen LogP contribution is -2.52. The number of anilines is 1. The molecule has 18 heteroatoms. The van der Waals surface area contributed by atoms with Crippen LogP contribution >= 0.6 is 26.8 Å². The summed E-state index contributed by atoms with van der Waals surface area (Å²) in [6.07, 6.45) is 1.09. The van der Waals surface area contributed by atoms with Crippen LogP contribution in [0.2, 0.25) is 5.28 Å². The first-order chi connectivity index (χ1) is 17.3. The Bertz CT molecular complexity index is 1270. The molecule has 5 heterocycles. The van der Waals surface area contributed by atoms with Gasteiger partial charge in [0, 0.05) is 12.6 Å². The van der Waals surface area contributed by atoms with Crippen LogP contribution in [0.15, 0.2) is 6.20 Å². The van der Waals surface area contributed by atoms with E-state index in [1.807, 2.05) is 0 Å². The Morgan fingerprint density at radius 3 is 2.49 bits per heavy atom. The molecule has 6 rings (SSSR count). The van der Waals surface area contributed by atoms with Gasteiger partial charge in [-0.2, -0.15) is 15.1 Å². The lowest BCUT2D eigenvalue weighted by Gasteiger charge is -2.46. The summed E-state index contributed by atoms with van der Waals surface area (Å²) in [6, 6.07) is 0.305. The Kier molecular flexibility index (Phi) is 7.21. The zero-order valence-corrected chi connectivity index (χ0v) is 22.0. The van der Waals surface area contributed by atoms with E-state index in [-0.39, 0.29) is 10.9 Å². The van der Waals surface area contributed by atoms with Gasteiger partial charge in [0.15, 0.2) is 17.8 Å². The number of aromatic nitrogens is 4. The van der Waals surface area contributed by atoms with Crippen LogP contribution in [0.5, 0.6) is 0 Å². The van der Waals surface area contributed by atoms with E-state index in [9.17, 15) is 29.3 Å². The number of rotatable bonds is 8. The summed E-state index contributed by atoms with van der Waals surface area (Å²) >= 11 is 6.26. The topological polar surface area (TPSA) is 221 Å². The highest BCUT2D eigenvalue weighted by molar-refractivity contribution is 7.70. The second-order valence-electron chi connectivity index (χ2n) is 9.82. The average Bonchev–Trinajstić information content (AvgIpc) is 3.35. The van der Waals surface area contributed by atoms with Gasteiger partial charge in [-0.25, -0.2) is 4.68 Å². The minimum Gasteiger partial charge on any atom is -0.393 e. The molecule has 3 saturated heterocycles. The molecule has 5 atom stereocenters. The number of hydrogen-bond donors (Lipinski definition) is 6. The summed E-state index contributed by atoms with van der Waals surface area (Å²) in [7, 11) is -9.68. The summed E-state index contributed by atoms with van der Waals surface area (Å²) in [5, 5.41) is 36.5. The molecule has 0 radical (unpaired) electrons. The first-order valence-corrected chi connectivity index (χ1v) is 15.6. The fourth-order valence-corrected chi connectivity index (χ4v) is 8.16. The molecule has 2 bridgehead atoms. The molecule has 3 aliphatic heterocycles. The van der Waals surface area contributed by atoms with Crippen molar-refractivity contribution in [3.8, 4) is 0 Å². The molecule has 2 aromatic heterocycles. The summed E-state index contributed by atoms with van der Waals surface area (Å²) in [5.74, 6) is -0.298. The van der Waals surface area contributed by atoms with Crippen molar-refractivity contribution in [2.45, 2.75) is 55.8 Å². The highest BCUT2D eigenvalue weighted by atomic mass is 35.5. The van der Waals surface area contributed by atoms with Crippen molar-refractivity contribution in [1.29, 1.82) is 0 Å². The molecule has 206 valence electrons. The summed E-state index contributed by atoms with van der Waals surface area (Å²) in [6.45, 7) is -1.07. The van der Waals surface area contributed by atoms with E-state index in [1.165, 1.54) is 10.9 Å². The normalized spacial score (nSPS) is 33.8. The SMILES string of the molecule is O=P(O)(O)CP(=O)(O)OC[C@H]1O[C@@H](n2ncc3c(N4CC5CCC4CC5)nc(Cl)nc32)[C@H](O)[C@@]1(O)CO. The van der Waals surface area contributed by atoms with Gasteiger partial charge in [0.2, 0.25) is 5.28 Å². The van der Waals surface area contributed by atoms with Crippen molar-refractivity contribution < 1.29 is 48.4 Å². The number of aliphatic hydroxyl groups is 3. The number of piperidine rings is 2. The summed E-state index contributed by atoms with van der Waals surface area (Å²) in [5.41, 5.74) is -2.16. The molecular formula is C19H28ClN5O10P2. The second kappa shape index (κ2) is 9.76. The predicted molar refractivity (Wildman–Crippen MR) is 128 cm³/mol. The average molecular weight is 584 g/mol. The Hall–Kier alpha value is -1.22. The Morgan fingerprint density at radius 2 is 1.89 bits per heavy atom. The van der Waals surface area contributed by atoms with Crippen molar-refractivity contribution in [3.05, 3.63) is 11.5 Å². The van der Waals surface area contributed by atoms with Crippen molar-refractivity contribution in [1.82, 2.24) is 19.7 Å². The third kappa shape index (κ3) is 5.20. The lowest BCUT2D eigenvalue weighted by molar-refractivity contribution is -0.117. The van der Waals surface area contributed by atoms with E-state index in [2.05, 4.69) is 20.0 Å². The molecule has 1 saturated carbocycles. The number of halogens is 1. The highest BCUT2D eigenvalue weighted by Gasteiger charge is 2.57. The van der Waals surface area contributed by atoms with E-state index >= 15 is 0 Å². The highest BCUT2D eigenvalue weighted by Crippen LogP contribution is 2.56. The molecule has 15 nitrogen and oxygen atoms in total.